The SMILES string of the molecule is CCOc1cc(Cl)ccc1C(=O)N[C@H](C)C(=O)O. The Kier molecular flexibility index (Phi) is 4.97. The molecule has 0 spiro atoms. The van der Waals surface area contributed by atoms with E-state index in [2.05, 4.69) is 5.32 Å². The van der Waals surface area contributed by atoms with E-state index in [-0.39, 0.29) is 5.56 Å². The molecule has 1 amide bonds. The van der Waals surface area contributed by atoms with Crippen LogP contribution in [0.5, 0.6) is 5.75 Å². The van der Waals surface area contributed by atoms with Crippen molar-refractivity contribution in [3.8, 4) is 5.75 Å². The third-order valence-electron chi connectivity index (χ3n) is 2.21. The van der Waals surface area contributed by atoms with Crippen molar-refractivity contribution in [3.63, 3.8) is 0 Å². The number of aliphatic carboxylic acids is 1. The van der Waals surface area contributed by atoms with Gasteiger partial charge in [0.2, 0.25) is 0 Å². The molecular formula is C12H14ClNO4. The van der Waals surface area contributed by atoms with Crippen LogP contribution >= 0.6 is 11.6 Å². The van der Waals surface area contributed by atoms with Crippen LogP contribution in [0.15, 0.2) is 18.2 Å². The highest BCUT2D eigenvalue weighted by Crippen LogP contribution is 2.23. The Balaban J connectivity index is 2.94. The maximum Gasteiger partial charge on any atom is 0.325 e. The Labute approximate surface area is 110 Å². The summed E-state index contributed by atoms with van der Waals surface area (Å²) in [5, 5.41) is 11.5. The van der Waals surface area contributed by atoms with E-state index in [1.54, 1.807) is 13.0 Å². The van der Waals surface area contributed by atoms with Gasteiger partial charge in [0.25, 0.3) is 5.91 Å². The predicted octanol–water partition coefficient (Wildman–Crippen LogP) is 1.94. The minimum atomic E-state index is -1.10. The van der Waals surface area contributed by atoms with Gasteiger partial charge in [-0.2, -0.15) is 0 Å². The second-order valence-electron chi connectivity index (χ2n) is 3.61. The average Bonchev–Trinajstić information content (AvgIpc) is 2.29. The van der Waals surface area contributed by atoms with Crippen molar-refractivity contribution in [3.05, 3.63) is 28.8 Å². The van der Waals surface area contributed by atoms with E-state index in [1.807, 2.05) is 0 Å². The van der Waals surface area contributed by atoms with Crippen molar-refractivity contribution < 1.29 is 19.4 Å². The zero-order chi connectivity index (χ0) is 13.7. The van der Waals surface area contributed by atoms with E-state index in [0.29, 0.717) is 17.4 Å². The smallest absolute Gasteiger partial charge is 0.325 e. The first kappa shape index (κ1) is 14.3. The fourth-order valence-corrected chi connectivity index (χ4v) is 1.46. The molecule has 1 aromatic rings. The minimum absolute atomic E-state index is 0.259. The summed E-state index contributed by atoms with van der Waals surface area (Å²) < 4.78 is 5.29. The largest absolute Gasteiger partial charge is 0.493 e. The molecule has 0 bridgehead atoms. The van der Waals surface area contributed by atoms with Crippen LogP contribution in [0.2, 0.25) is 5.02 Å². The van der Waals surface area contributed by atoms with Crippen LogP contribution < -0.4 is 10.1 Å². The lowest BCUT2D eigenvalue weighted by Crippen LogP contribution is -2.38. The molecule has 0 saturated heterocycles. The van der Waals surface area contributed by atoms with Crippen molar-refractivity contribution in [1.82, 2.24) is 5.32 Å². The van der Waals surface area contributed by atoms with Crippen molar-refractivity contribution in [2.24, 2.45) is 0 Å². The van der Waals surface area contributed by atoms with Gasteiger partial charge in [-0.1, -0.05) is 11.6 Å². The van der Waals surface area contributed by atoms with Gasteiger partial charge in [-0.05, 0) is 32.0 Å². The molecule has 5 nitrogen and oxygen atoms in total. The Morgan fingerprint density at radius 3 is 2.72 bits per heavy atom. The van der Waals surface area contributed by atoms with Crippen molar-refractivity contribution >= 4 is 23.5 Å². The summed E-state index contributed by atoms with van der Waals surface area (Å²) in [6.45, 7) is 3.55. The number of carbonyl (C=O) groups excluding carboxylic acids is 1. The van der Waals surface area contributed by atoms with Gasteiger partial charge in [-0.15, -0.1) is 0 Å². The Hall–Kier alpha value is -1.75. The van der Waals surface area contributed by atoms with Crippen LogP contribution in [0.4, 0.5) is 0 Å². The number of nitrogens with one attached hydrogen (secondary N) is 1. The van der Waals surface area contributed by atoms with E-state index in [1.165, 1.54) is 19.1 Å². The zero-order valence-electron chi connectivity index (χ0n) is 10.1. The molecule has 0 fully saturated rings. The third-order valence-corrected chi connectivity index (χ3v) is 2.44. The van der Waals surface area contributed by atoms with E-state index in [0.717, 1.165) is 0 Å². The van der Waals surface area contributed by atoms with Crippen LogP contribution in [0.3, 0.4) is 0 Å². The first-order valence-electron chi connectivity index (χ1n) is 5.41. The first-order chi connectivity index (χ1) is 8.45. The molecule has 0 heterocycles. The second kappa shape index (κ2) is 6.26. The summed E-state index contributed by atoms with van der Waals surface area (Å²) in [5.74, 6) is -1.28. The number of carbonyl (C=O) groups is 2. The van der Waals surface area contributed by atoms with Gasteiger partial charge in [-0.3, -0.25) is 9.59 Å². The number of carboxylic acids is 1. The summed E-state index contributed by atoms with van der Waals surface area (Å²) >= 11 is 5.81. The molecule has 1 aromatic carbocycles. The van der Waals surface area contributed by atoms with Crippen molar-refractivity contribution in [2.75, 3.05) is 6.61 Å². The molecule has 98 valence electrons. The molecule has 18 heavy (non-hydrogen) atoms. The normalized spacial score (nSPS) is 11.7. The molecule has 0 unspecified atom stereocenters. The Morgan fingerprint density at radius 2 is 2.17 bits per heavy atom. The lowest BCUT2D eigenvalue weighted by molar-refractivity contribution is -0.138. The molecule has 2 N–H and O–H groups in total. The summed E-state index contributed by atoms with van der Waals surface area (Å²) in [6.07, 6.45) is 0. The zero-order valence-corrected chi connectivity index (χ0v) is 10.8. The summed E-state index contributed by atoms with van der Waals surface area (Å²) in [4.78, 5) is 22.5. The number of hydrogen-bond acceptors (Lipinski definition) is 3. The molecule has 1 atom stereocenters. The summed E-state index contributed by atoms with van der Waals surface area (Å²) in [5.41, 5.74) is 0.259. The number of halogens is 1. The predicted molar refractivity (Wildman–Crippen MR) is 67.2 cm³/mol. The van der Waals surface area contributed by atoms with Crippen molar-refractivity contribution in [1.29, 1.82) is 0 Å². The topological polar surface area (TPSA) is 75.6 Å². The van der Waals surface area contributed by atoms with E-state index in [4.69, 9.17) is 21.4 Å². The Morgan fingerprint density at radius 1 is 1.50 bits per heavy atom. The van der Waals surface area contributed by atoms with Crippen LogP contribution in [0.1, 0.15) is 24.2 Å². The average molecular weight is 272 g/mol. The van der Waals surface area contributed by atoms with Crippen LogP contribution in [-0.4, -0.2) is 29.6 Å². The van der Waals surface area contributed by atoms with Gasteiger partial charge < -0.3 is 15.2 Å². The number of benzene rings is 1. The molecule has 1 rings (SSSR count). The second-order valence-corrected chi connectivity index (χ2v) is 4.04. The quantitative estimate of drug-likeness (QED) is 0.858. The third kappa shape index (κ3) is 3.63. The molecule has 0 aliphatic carbocycles. The molecule has 0 saturated carbocycles. The fourth-order valence-electron chi connectivity index (χ4n) is 1.29. The van der Waals surface area contributed by atoms with Gasteiger partial charge in [0.05, 0.1) is 12.2 Å². The van der Waals surface area contributed by atoms with E-state index < -0.39 is 17.9 Å². The van der Waals surface area contributed by atoms with Crippen LogP contribution in [-0.2, 0) is 4.79 Å². The highest BCUT2D eigenvalue weighted by atomic mass is 35.5. The molecule has 0 radical (unpaired) electrons. The number of amides is 1. The van der Waals surface area contributed by atoms with Crippen LogP contribution in [0.25, 0.3) is 0 Å². The van der Waals surface area contributed by atoms with E-state index in [9.17, 15) is 9.59 Å². The number of hydrogen-bond donors (Lipinski definition) is 2. The minimum Gasteiger partial charge on any atom is -0.493 e. The number of rotatable bonds is 5. The standard InChI is InChI=1S/C12H14ClNO4/c1-3-18-10-6-8(13)4-5-9(10)11(15)14-7(2)12(16)17/h4-7H,3H2,1-2H3,(H,14,15)(H,16,17)/t7-/m1/s1. The fraction of sp³-hybridized carbons (Fsp3) is 0.333. The highest BCUT2D eigenvalue weighted by molar-refractivity contribution is 6.30. The maximum atomic E-state index is 11.9. The molecule has 0 aliphatic rings. The first-order valence-corrected chi connectivity index (χ1v) is 5.79. The number of carboxylic acid groups (broad SMARTS) is 1. The summed E-state index contributed by atoms with van der Waals surface area (Å²) in [7, 11) is 0. The summed E-state index contributed by atoms with van der Waals surface area (Å²) in [6, 6.07) is 3.59. The van der Waals surface area contributed by atoms with Gasteiger partial charge >= 0.3 is 5.97 Å². The van der Waals surface area contributed by atoms with Crippen molar-refractivity contribution in [2.45, 2.75) is 19.9 Å². The molecular weight excluding hydrogens is 258 g/mol. The number of ether oxygens (including phenoxy) is 1. The molecule has 0 aliphatic heterocycles. The highest BCUT2D eigenvalue weighted by Gasteiger charge is 2.18. The van der Waals surface area contributed by atoms with Crippen LogP contribution in [0, 0.1) is 0 Å². The lowest BCUT2D eigenvalue weighted by atomic mass is 10.1. The van der Waals surface area contributed by atoms with E-state index >= 15 is 0 Å². The van der Waals surface area contributed by atoms with Gasteiger partial charge in [-0.25, -0.2) is 0 Å². The van der Waals surface area contributed by atoms with Gasteiger partial charge in [0.15, 0.2) is 0 Å². The monoisotopic (exact) mass is 271 g/mol. The molecule has 0 aromatic heterocycles. The van der Waals surface area contributed by atoms with Gasteiger partial charge in [0.1, 0.15) is 11.8 Å². The lowest BCUT2D eigenvalue weighted by Gasteiger charge is -2.13. The Bertz CT molecular complexity index is 461. The molecule has 6 heteroatoms. The van der Waals surface area contributed by atoms with Gasteiger partial charge in [0, 0.05) is 5.02 Å². The maximum absolute atomic E-state index is 11.9.